The Balaban J connectivity index is 0.000000230. The number of fused-ring (bicyclic) bond motifs is 1. The van der Waals surface area contributed by atoms with Crippen LogP contribution >= 0.6 is 23.5 Å². The van der Waals surface area contributed by atoms with Gasteiger partial charge in [-0.05, 0) is 23.3 Å². The number of nitrogens with one attached hydrogen (secondary N) is 3. The summed E-state index contributed by atoms with van der Waals surface area (Å²) in [7, 11) is 0. The predicted octanol–water partition coefficient (Wildman–Crippen LogP) is 3.04. The summed E-state index contributed by atoms with van der Waals surface area (Å²) in [6.45, 7) is 4.90. The fourth-order valence-electron chi connectivity index (χ4n) is 4.62. The van der Waals surface area contributed by atoms with Gasteiger partial charge in [0, 0.05) is 61.7 Å². The molecule has 0 unspecified atom stereocenters. The van der Waals surface area contributed by atoms with E-state index in [1.54, 1.807) is 24.5 Å². The zero-order valence-corrected chi connectivity index (χ0v) is 27.0. The highest BCUT2D eigenvalue weighted by Crippen LogP contribution is 2.40. The number of thioether (sulfide) groups is 2. The molecule has 46 heavy (non-hydrogen) atoms. The molecule has 0 saturated carbocycles. The second-order valence-corrected chi connectivity index (χ2v) is 12.4. The minimum Gasteiger partial charge on any atom is -0.477 e. The smallest absolute Gasteiger partial charge is 0.352 e. The summed E-state index contributed by atoms with van der Waals surface area (Å²) in [6, 6.07) is 23.7. The van der Waals surface area contributed by atoms with E-state index in [0.717, 1.165) is 36.0 Å². The van der Waals surface area contributed by atoms with Crippen molar-refractivity contribution in [2.75, 3.05) is 31.2 Å². The van der Waals surface area contributed by atoms with E-state index in [9.17, 15) is 24.3 Å². The Morgan fingerprint density at radius 1 is 0.957 bits per heavy atom. The second-order valence-electron chi connectivity index (χ2n) is 10.3. The molecule has 5 rings (SSSR count). The number of rotatable bonds is 14. The number of β-lactam (4-membered cyclic amide) rings is 1. The molecule has 1 fully saturated rings. The van der Waals surface area contributed by atoms with Gasteiger partial charge in [-0.1, -0.05) is 60.7 Å². The Bertz CT molecular complexity index is 1450. The lowest BCUT2D eigenvalue weighted by Crippen LogP contribution is -2.70. The molecule has 242 valence electrons. The zero-order valence-electron chi connectivity index (χ0n) is 25.4. The van der Waals surface area contributed by atoms with Crippen LogP contribution in [0, 0.1) is 0 Å². The van der Waals surface area contributed by atoms with Gasteiger partial charge >= 0.3 is 11.9 Å². The summed E-state index contributed by atoms with van der Waals surface area (Å²) in [5.41, 5.74) is 2.85. The Kier molecular flexibility index (Phi) is 13.6. The first-order valence-electron chi connectivity index (χ1n) is 14.7. The van der Waals surface area contributed by atoms with Gasteiger partial charge in [-0.25, -0.2) is 4.79 Å². The van der Waals surface area contributed by atoms with Crippen LogP contribution in [-0.2, 0) is 37.0 Å². The largest absolute Gasteiger partial charge is 0.477 e. The molecule has 0 bridgehead atoms. The third-order valence-electron chi connectivity index (χ3n) is 6.86. The first-order valence-corrected chi connectivity index (χ1v) is 16.7. The molecule has 3 aromatic rings. The van der Waals surface area contributed by atoms with Gasteiger partial charge in [0.25, 0.3) is 5.91 Å². The van der Waals surface area contributed by atoms with Crippen LogP contribution in [0.25, 0.3) is 0 Å². The number of aromatic nitrogens is 1. The van der Waals surface area contributed by atoms with Crippen LogP contribution in [0.15, 0.2) is 101 Å². The van der Waals surface area contributed by atoms with Gasteiger partial charge in [0.15, 0.2) is 0 Å². The molecule has 4 N–H and O–H groups in total. The van der Waals surface area contributed by atoms with Crippen LogP contribution in [0.4, 0.5) is 0 Å². The van der Waals surface area contributed by atoms with Crippen molar-refractivity contribution >= 4 is 47.3 Å². The van der Waals surface area contributed by atoms with E-state index in [1.165, 1.54) is 41.6 Å². The summed E-state index contributed by atoms with van der Waals surface area (Å²) in [5, 5.41) is 18.5. The molecule has 2 aliphatic heterocycles. The van der Waals surface area contributed by atoms with Crippen molar-refractivity contribution in [1.82, 2.24) is 25.8 Å². The highest BCUT2D eigenvalue weighted by Gasteiger charge is 2.54. The standard InChI is InChI=1S/C17H17N3O6S2.C16H20N2/c1-9(21)26-6-10-7-28-16-13(15(23)20(16)14(10)17(24)25)19-12(22)8-27-11-2-4-18-5-3-11;1-3-7-15(8-4-1)13-17-11-12-18-14-16-9-5-2-6-10-16/h2-5,13,16H,6-8H2,1H3,(H,19,22)(H,24,25);1-10,17-18H,11-14H2/t13-,16-;/m1./s1. The van der Waals surface area contributed by atoms with Crippen LogP contribution in [0.1, 0.15) is 18.1 Å². The van der Waals surface area contributed by atoms with Crippen LogP contribution < -0.4 is 16.0 Å². The third kappa shape index (κ3) is 10.4. The molecule has 2 atom stereocenters. The number of ether oxygens (including phenoxy) is 1. The van der Waals surface area contributed by atoms with Crippen molar-refractivity contribution in [3.63, 3.8) is 0 Å². The lowest BCUT2D eigenvalue weighted by molar-refractivity contribution is -0.150. The van der Waals surface area contributed by atoms with Gasteiger partial charge in [0.05, 0.1) is 5.75 Å². The molecule has 3 heterocycles. The summed E-state index contributed by atoms with van der Waals surface area (Å²) < 4.78 is 4.88. The number of amides is 2. The topological polar surface area (TPSA) is 150 Å². The number of nitrogens with zero attached hydrogens (tertiary/aromatic N) is 2. The van der Waals surface area contributed by atoms with E-state index in [2.05, 4.69) is 69.5 Å². The van der Waals surface area contributed by atoms with Crippen molar-refractivity contribution in [3.05, 3.63) is 108 Å². The maximum absolute atomic E-state index is 12.5. The Morgan fingerprint density at radius 2 is 1.54 bits per heavy atom. The number of carboxylic acid groups (broad SMARTS) is 1. The average molecular weight is 664 g/mol. The van der Waals surface area contributed by atoms with Gasteiger partial charge in [-0.3, -0.25) is 24.3 Å². The molecule has 1 saturated heterocycles. The molecule has 2 aromatic carbocycles. The number of hydrogen-bond donors (Lipinski definition) is 4. The zero-order chi connectivity index (χ0) is 32.7. The number of carbonyl (C=O) groups excluding carboxylic acids is 3. The van der Waals surface area contributed by atoms with Gasteiger partial charge in [-0.2, -0.15) is 0 Å². The van der Waals surface area contributed by atoms with Gasteiger partial charge < -0.3 is 25.8 Å². The predicted molar refractivity (Wildman–Crippen MR) is 178 cm³/mol. The second kappa shape index (κ2) is 18.1. The average Bonchev–Trinajstić information content (AvgIpc) is 3.08. The molecule has 2 aliphatic rings. The van der Waals surface area contributed by atoms with Crippen molar-refractivity contribution in [1.29, 1.82) is 0 Å². The Morgan fingerprint density at radius 3 is 2.09 bits per heavy atom. The number of carbonyl (C=O) groups is 4. The number of carboxylic acids is 1. The van der Waals surface area contributed by atoms with Gasteiger partial charge in [0.2, 0.25) is 5.91 Å². The molecule has 0 radical (unpaired) electrons. The van der Waals surface area contributed by atoms with Crippen molar-refractivity contribution in [3.8, 4) is 0 Å². The Hall–Kier alpha value is -4.17. The minimum atomic E-state index is -1.26. The first-order chi connectivity index (χ1) is 22.3. The normalized spacial score (nSPS) is 16.8. The number of aliphatic carboxylic acids is 1. The van der Waals surface area contributed by atoms with Gasteiger partial charge in [-0.15, -0.1) is 23.5 Å². The molecule has 13 heteroatoms. The van der Waals surface area contributed by atoms with Crippen molar-refractivity contribution < 1.29 is 29.0 Å². The SMILES string of the molecule is CC(=O)OCC1=C(C(=O)O)N2C(=O)[C@@H](NC(=O)CSc3ccncc3)[C@H]2SC1.c1ccc(CNCCNCc2ccccc2)cc1. The summed E-state index contributed by atoms with van der Waals surface area (Å²) in [6.07, 6.45) is 3.25. The van der Waals surface area contributed by atoms with E-state index in [1.807, 2.05) is 12.1 Å². The molecule has 0 spiro atoms. The fraction of sp³-hybridized carbons (Fsp3) is 0.303. The van der Waals surface area contributed by atoms with Crippen molar-refractivity contribution in [2.24, 2.45) is 0 Å². The summed E-state index contributed by atoms with van der Waals surface area (Å²) in [4.78, 5) is 53.2. The maximum atomic E-state index is 12.5. The monoisotopic (exact) mass is 663 g/mol. The van der Waals surface area contributed by atoms with Gasteiger partial charge in [0.1, 0.15) is 23.7 Å². The Labute approximate surface area is 276 Å². The number of pyridine rings is 1. The lowest BCUT2D eigenvalue weighted by atomic mass is 10.0. The molecular weight excluding hydrogens is 627 g/mol. The lowest BCUT2D eigenvalue weighted by Gasteiger charge is -2.49. The highest BCUT2D eigenvalue weighted by molar-refractivity contribution is 8.00. The molecule has 1 aromatic heterocycles. The molecule has 0 aliphatic carbocycles. The minimum absolute atomic E-state index is 0.129. The van der Waals surface area contributed by atoms with E-state index < -0.39 is 29.3 Å². The number of benzene rings is 2. The quantitative estimate of drug-likeness (QED) is 0.0873. The highest BCUT2D eigenvalue weighted by atomic mass is 32.2. The fourth-order valence-corrected chi connectivity index (χ4v) is 6.64. The summed E-state index contributed by atoms with van der Waals surface area (Å²) in [5.74, 6) is -2.18. The van der Waals surface area contributed by atoms with Crippen LogP contribution in [0.2, 0.25) is 0 Å². The van der Waals surface area contributed by atoms with Crippen LogP contribution in [0.3, 0.4) is 0 Å². The van der Waals surface area contributed by atoms with Crippen LogP contribution in [0.5, 0.6) is 0 Å². The number of esters is 1. The third-order valence-corrected chi connectivity index (χ3v) is 9.21. The first kappa shape index (κ1) is 34.7. The van der Waals surface area contributed by atoms with E-state index in [-0.39, 0.29) is 24.0 Å². The summed E-state index contributed by atoms with van der Waals surface area (Å²) >= 11 is 2.64. The van der Waals surface area contributed by atoms with E-state index in [0.29, 0.717) is 11.3 Å². The molecule has 11 nitrogen and oxygen atoms in total. The van der Waals surface area contributed by atoms with Crippen LogP contribution in [-0.4, -0.2) is 81.4 Å². The van der Waals surface area contributed by atoms with E-state index in [4.69, 9.17) is 4.74 Å². The maximum Gasteiger partial charge on any atom is 0.352 e. The molecular formula is C33H37N5O6S2. The molecule has 2 amide bonds. The van der Waals surface area contributed by atoms with E-state index >= 15 is 0 Å². The number of hydrogen-bond acceptors (Lipinski definition) is 10. The van der Waals surface area contributed by atoms with Crippen molar-refractivity contribution in [2.45, 2.75) is 36.3 Å².